The molecule has 2 heterocycles. The first-order valence-corrected chi connectivity index (χ1v) is 11.9. The summed E-state index contributed by atoms with van der Waals surface area (Å²) in [4.78, 5) is 17.8. The summed E-state index contributed by atoms with van der Waals surface area (Å²) in [5.74, 6) is 0.739. The van der Waals surface area contributed by atoms with Crippen LogP contribution in [0.1, 0.15) is 48.2 Å². The van der Waals surface area contributed by atoms with Gasteiger partial charge in [0.05, 0.1) is 18.2 Å². The van der Waals surface area contributed by atoms with E-state index in [-0.39, 0.29) is 12.0 Å². The number of aryl methyl sites for hydroxylation is 1. The maximum atomic E-state index is 13.8. The maximum absolute atomic E-state index is 13.8. The van der Waals surface area contributed by atoms with E-state index in [1.807, 2.05) is 66.4 Å². The number of rotatable bonds is 9. The summed E-state index contributed by atoms with van der Waals surface area (Å²) in [5, 5.41) is 4.45. The molecule has 1 saturated heterocycles. The fraction of sp³-hybridized carbons (Fsp3) is 0.407. The molecule has 0 N–H and O–H groups in total. The molecule has 0 spiro atoms. The second-order valence-corrected chi connectivity index (χ2v) is 8.49. The standard InChI is InChI=1S/C27H33N3O3/c1-4-29(5-2)27-24(25(28-33-27)21-13-7-6-8-14-21)19-30(18-22-15-11-17-32-22)26(31)23-16-10-9-12-20(23)3/h6-10,12-14,16,22H,4-5,11,15,17-19H2,1-3H3/t22-/m0/s1. The van der Waals surface area contributed by atoms with Gasteiger partial charge in [-0.1, -0.05) is 53.7 Å². The molecule has 0 aliphatic carbocycles. The molecule has 0 saturated carbocycles. The number of anilines is 1. The molecule has 0 bridgehead atoms. The lowest BCUT2D eigenvalue weighted by atomic mass is 10.0. The van der Waals surface area contributed by atoms with Crippen LogP contribution in [0.4, 0.5) is 5.88 Å². The molecule has 1 aliphatic rings. The van der Waals surface area contributed by atoms with Gasteiger partial charge in [0.1, 0.15) is 5.69 Å². The maximum Gasteiger partial charge on any atom is 0.254 e. The Kier molecular flexibility index (Phi) is 7.45. The zero-order chi connectivity index (χ0) is 23.2. The first kappa shape index (κ1) is 23.1. The van der Waals surface area contributed by atoms with Crippen molar-refractivity contribution in [2.75, 3.05) is 31.1 Å². The van der Waals surface area contributed by atoms with Gasteiger partial charge in [0, 0.05) is 37.4 Å². The summed E-state index contributed by atoms with van der Waals surface area (Å²) < 4.78 is 11.8. The Morgan fingerprint density at radius 1 is 1.06 bits per heavy atom. The van der Waals surface area contributed by atoms with Crippen LogP contribution in [0.25, 0.3) is 11.3 Å². The minimum atomic E-state index is 0.00862. The first-order valence-electron chi connectivity index (χ1n) is 11.9. The molecule has 0 unspecified atom stereocenters. The third-order valence-corrected chi connectivity index (χ3v) is 6.32. The smallest absolute Gasteiger partial charge is 0.254 e. The topological polar surface area (TPSA) is 58.8 Å². The van der Waals surface area contributed by atoms with Gasteiger partial charge in [-0.05, 0) is 45.2 Å². The van der Waals surface area contributed by atoms with Crippen molar-refractivity contribution in [3.8, 4) is 11.3 Å². The largest absolute Gasteiger partial charge is 0.376 e. The molecule has 1 aromatic heterocycles. The Morgan fingerprint density at radius 3 is 2.45 bits per heavy atom. The average molecular weight is 448 g/mol. The Labute approximate surface area is 196 Å². The molecule has 6 heteroatoms. The molecule has 2 aromatic carbocycles. The van der Waals surface area contributed by atoms with Gasteiger partial charge in [-0.2, -0.15) is 0 Å². The van der Waals surface area contributed by atoms with Crippen molar-refractivity contribution in [1.82, 2.24) is 10.1 Å². The van der Waals surface area contributed by atoms with Gasteiger partial charge in [-0.3, -0.25) is 4.79 Å². The lowest BCUT2D eigenvalue weighted by Crippen LogP contribution is -2.37. The van der Waals surface area contributed by atoms with E-state index in [1.54, 1.807) is 0 Å². The summed E-state index contributed by atoms with van der Waals surface area (Å²) >= 11 is 0. The third kappa shape index (κ3) is 5.11. The van der Waals surface area contributed by atoms with Crippen LogP contribution in [-0.4, -0.2) is 48.3 Å². The Morgan fingerprint density at radius 2 is 1.79 bits per heavy atom. The van der Waals surface area contributed by atoms with Crippen LogP contribution in [0.15, 0.2) is 59.1 Å². The van der Waals surface area contributed by atoms with Crippen LogP contribution >= 0.6 is 0 Å². The highest BCUT2D eigenvalue weighted by atomic mass is 16.5. The Bertz CT molecular complexity index is 1050. The minimum Gasteiger partial charge on any atom is -0.376 e. The van der Waals surface area contributed by atoms with E-state index in [0.717, 1.165) is 66.4 Å². The summed E-state index contributed by atoms with van der Waals surface area (Å²) in [6, 6.07) is 17.8. The van der Waals surface area contributed by atoms with Crippen LogP contribution in [0.2, 0.25) is 0 Å². The predicted octanol–water partition coefficient (Wildman–Crippen LogP) is 5.32. The Hall–Kier alpha value is -3.12. The van der Waals surface area contributed by atoms with Crippen molar-refractivity contribution in [2.24, 2.45) is 0 Å². The quantitative estimate of drug-likeness (QED) is 0.444. The SMILES string of the molecule is CCN(CC)c1onc(-c2ccccc2)c1CN(C[C@@H]1CCCO1)C(=O)c1ccccc1C. The number of nitrogens with zero attached hydrogens (tertiary/aromatic N) is 3. The molecule has 0 radical (unpaired) electrons. The highest BCUT2D eigenvalue weighted by Gasteiger charge is 2.29. The summed E-state index contributed by atoms with van der Waals surface area (Å²) in [7, 11) is 0. The molecule has 33 heavy (non-hydrogen) atoms. The zero-order valence-corrected chi connectivity index (χ0v) is 19.8. The fourth-order valence-corrected chi connectivity index (χ4v) is 4.45. The van der Waals surface area contributed by atoms with Crippen LogP contribution in [0.3, 0.4) is 0 Å². The van der Waals surface area contributed by atoms with Crippen LogP contribution in [0.5, 0.6) is 0 Å². The lowest BCUT2D eigenvalue weighted by Gasteiger charge is -2.27. The van der Waals surface area contributed by atoms with Crippen molar-refractivity contribution in [3.63, 3.8) is 0 Å². The zero-order valence-electron chi connectivity index (χ0n) is 19.8. The minimum absolute atomic E-state index is 0.00862. The number of ether oxygens (including phenoxy) is 1. The number of hydrogen-bond acceptors (Lipinski definition) is 5. The van der Waals surface area contributed by atoms with E-state index in [0.29, 0.717) is 13.1 Å². The van der Waals surface area contributed by atoms with Crippen LogP contribution in [-0.2, 0) is 11.3 Å². The molecular formula is C27H33N3O3. The normalized spacial score (nSPS) is 15.5. The van der Waals surface area contributed by atoms with Crippen molar-refractivity contribution < 1.29 is 14.1 Å². The second-order valence-electron chi connectivity index (χ2n) is 8.49. The summed E-state index contributed by atoms with van der Waals surface area (Å²) in [5.41, 5.74) is 4.39. The monoisotopic (exact) mass is 447 g/mol. The molecular weight excluding hydrogens is 414 g/mol. The molecule has 1 amide bonds. The predicted molar refractivity (Wildman–Crippen MR) is 130 cm³/mol. The van der Waals surface area contributed by atoms with Crippen molar-refractivity contribution >= 4 is 11.8 Å². The van der Waals surface area contributed by atoms with Gasteiger partial charge in [0.15, 0.2) is 0 Å². The highest BCUT2D eigenvalue weighted by Crippen LogP contribution is 2.33. The number of aromatic nitrogens is 1. The highest BCUT2D eigenvalue weighted by molar-refractivity contribution is 5.95. The van der Waals surface area contributed by atoms with Crippen molar-refractivity contribution in [1.29, 1.82) is 0 Å². The van der Waals surface area contributed by atoms with E-state index in [2.05, 4.69) is 23.9 Å². The van der Waals surface area contributed by atoms with E-state index < -0.39 is 0 Å². The summed E-state index contributed by atoms with van der Waals surface area (Å²) in [6.45, 7) is 9.48. The van der Waals surface area contributed by atoms with E-state index in [9.17, 15) is 4.79 Å². The fourth-order valence-electron chi connectivity index (χ4n) is 4.45. The molecule has 3 aromatic rings. The molecule has 1 fully saturated rings. The van der Waals surface area contributed by atoms with Gasteiger partial charge >= 0.3 is 0 Å². The number of benzene rings is 2. The number of amides is 1. The average Bonchev–Trinajstić information content (AvgIpc) is 3.50. The number of hydrogen-bond donors (Lipinski definition) is 0. The van der Waals surface area contributed by atoms with Crippen LogP contribution < -0.4 is 4.90 Å². The van der Waals surface area contributed by atoms with Gasteiger partial charge < -0.3 is 19.1 Å². The van der Waals surface area contributed by atoms with E-state index >= 15 is 0 Å². The molecule has 1 aliphatic heterocycles. The third-order valence-electron chi connectivity index (χ3n) is 6.32. The molecule has 174 valence electrons. The Balaban J connectivity index is 1.74. The summed E-state index contributed by atoms with van der Waals surface area (Å²) in [6.07, 6.45) is 2.05. The molecule has 6 nitrogen and oxygen atoms in total. The van der Waals surface area contributed by atoms with Gasteiger partial charge in [0.2, 0.25) is 5.88 Å². The van der Waals surface area contributed by atoms with Crippen LogP contribution in [0, 0.1) is 6.92 Å². The van der Waals surface area contributed by atoms with Gasteiger partial charge in [-0.25, -0.2) is 0 Å². The van der Waals surface area contributed by atoms with Crippen molar-refractivity contribution in [2.45, 2.75) is 46.3 Å². The van der Waals surface area contributed by atoms with Gasteiger partial charge in [-0.15, -0.1) is 0 Å². The second kappa shape index (κ2) is 10.7. The first-order chi connectivity index (χ1) is 16.1. The molecule has 4 rings (SSSR count). The van der Waals surface area contributed by atoms with E-state index in [1.165, 1.54) is 0 Å². The van der Waals surface area contributed by atoms with Crippen molar-refractivity contribution in [3.05, 3.63) is 71.3 Å². The number of carbonyl (C=O) groups excluding carboxylic acids is 1. The lowest BCUT2D eigenvalue weighted by molar-refractivity contribution is 0.0507. The van der Waals surface area contributed by atoms with E-state index in [4.69, 9.17) is 9.26 Å². The molecule has 1 atom stereocenters. The number of carbonyl (C=O) groups is 1. The van der Waals surface area contributed by atoms with Gasteiger partial charge in [0.25, 0.3) is 5.91 Å².